The molecule has 3 aromatic rings. The van der Waals surface area contributed by atoms with Gasteiger partial charge in [0.2, 0.25) is 5.71 Å². The van der Waals surface area contributed by atoms with Crippen LogP contribution in [0, 0.1) is 5.82 Å². The highest BCUT2D eigenvalue weighted by atomic mass is 35.5. The van der Waals surface area contributed by atoms with Gasteiger partial charge in [0.25, 0.3) is 0 Å². The summed E-state index contributed by atoms with van der Waals surface area (Å²) in [5.74, 6) is -0.275. The maximum absolute atomic E-state index is 13.3. The Kier molecular flexibility index (Phi) is 5.41. The summed E-state index contributed by atoms with van der Waals surface area (Å²) in [5, 5.41) is 0.745. The van der Waals surface area contributed by atoms with E-state index in [1.165, 1.54) is 31.4 Å². The van der Waals surface area contributed by atoms with E-state index >= 15 is 0 Å². The van der Waals surface area contributed by atoms with Crippen molar-refractivity contribution in [2.75, 3.05) is 25.6 Å². The summed E-state index contributed by atoms with van der Waals surface area (Å²) in [6.07, 6.45) is 0.196. The van der Waals surface area contributed by atoms with E-state index in [2.05, 4.69) is 9.72 Å². The summed E-state index contributed by atoms with van der Waals surface area (Å²) >= 11 is 6.14. The Hall–Kier alpha value is -2.93. The second kappa shape index (κ2) is 7.75. The number of carbonyl (C=O) groups excluding carboxylic acids is 1. The van der Waals surface area contributed by atoms with E-state index < -0.39 is 11.4 Å². The Morgan fingerprint density at radius 3 is 2.74 bits per heavy atom. The summed E-state index contributed by atoms with van der Waals surface area (Å²) in [6.45, 7) is 0.388. The zero-order chi connectivity index (χ0) is 19.6. The standard InChI is InChI=1S/C19H16ClFN2O4/c1-23(8-7-17(24)26-2)16-6-5-13-14(10-18(25)27-19(13)22-16)12-4-3-11(21)9-15(12)20/h3-6,9-10H,7-8H2,1-2H3. The van der Waals surface area contributed by atoms with E-state index in [4.69, 9.17) is 16.0 Å². The van der Waals surface area contributed by atoms with Gasteiger partial charge >= 0.3 is 11.6 Å². The molecule has 6 nitrogen and oxygen atoms in total. The summed E-state index contributed by atoms with van der Waals surface area (Å²) < 4.78 is 23.2. The van der Waals surface area contributed by atoms with Crippen LogP contribution in [0.5, 0.6) is 0 Å². The molecule has 0 radical (unpaired) electrons. The molecule has 27 heavy (non-hydrogen) atoms. The van der Waals surface area contributed by atoms with Crippen molar-refractivity contribution in [2.24, 2.45) is 0 Å². The van der Waals surface area contributed by atoms with Crippen LogP contribution in [0.1, 0.15) is 6.42 Å². The van der Waals surface area contributed by atoms with Crippen LogP contribution in [0.3, 0.4) is 0 Å². The first-order valence-corrected chi connectivity index (χ1v) is 8.45. The first kappa shape index (κ1) is 18.8. The fourth-order valence-corrected chi connectivity index (χ4v) is 2.92. The van der Waals surface area contributed by atoms with Gasteiger partial charge in [-0.1, -0.05) is 11.6 Å². The molecule has 2 aromatic heterocycles. The predicted octanol–water partition coefficient (Wildman–Crippen LogP) is 3.65. The molecule has 0 amide bonds. The highest BCUT2D eigenvalue weighted by Gasteiger charge is 2.14. The molecular weight excluding hydrogens is 375 g/mol. The zero-order valence-electron chi connectivity index (χ0n) is 14.7. The van der Waals surface area contributed by atoms with Crippen molar-refractivity contribution in [1.29, 1.82) is 0 Å². The van der Waals surface area contributed by atoms with Crippen molar-refractivity contribution in [3.05, 3.63) is 57.7 Å². The van der Waals surface area contributed by atoms with Crippen molar-refractivity contribution in [3.63, 3.8) is 0 Å². The van der Waals surface area contributed by atoms with E-state index in [0.717, 1.165) is 0 Å². The molecule has 0 saturated heterocycles. The summed E-state index contributed by atoms with van der Waals surface area (Å²) in [7, 11) is 3.09. The Labute approximate surface area is 159 Å². The first-order valence-electron chi connectivity index (χ1n) is 8.07. The molecule has 0 atom stereocenters. The minimum absolute atomic E-state index is 0.125. The van der Waals surface area contributed by atoms with E-state index in [0.29, 0.717) is 28.9 Å². The minimum Gasteiger partial charge on any atom is -0.469 e. The van der Waals surface area contributed by atoms with Crippen LogP contribution in [-0.4, -0.2) is 31.7 Å². The van der Waals surface area contributed by atoms with Gasteiger partial charge in [0.15, 0.2) is 0 Å². The van der Waals surface area contributed by atoms with Crippen LogP contribution in [0.25, 0.3) is 22.2 Å². The number of carbonyl (C=O) groups is 1. The van der Waals surface area contributed by atoms with Gasteiger partial charge in [0.05, 0.1) is 18.6 Å². The number of hydrogen-bond acceptors (Lipinski definition) is 6. The SMILES string of the molecule is COC(=O)CCN(C)c1ccc2c(-c3ccc(F)cc3Cl)cc(=O)oc2n1. The molecule has 0 aliphatic carbocycles. The number of rotatable bonds is 5. The molecule has 0 bridgehead atoms. The normalized spacial score (nSPS) is 10.8. The monoisotopic (exact) mass is 390 g/mol. The molecule has 3 rings (SSSR count). The summed E-state index contributed by atoms with van der Waals surface area (Å²) in [6, 6.07) is 8.72. The van der Waals surface area contributed by atoms with Gasteiger partial charge in [-0.15, -0.1) is 0 Å². The van der Waals surface area contributed by atoms with Crippen molar-refractivity contribution >= 4 is 34.5 Å². The summed E-state index contributed by atoms with van der Waals surface area (Å²) in [4.78, 5) is 29.4. The topological polar surface area (TPSA) is 72.6 Å². The van der Waals surface area contributed by atoms with Crippen LogP contribution in [0.2, 0.25) is 5.02 Å². The Morgan fingerprint density at radius 1 is 1.26 bits per heavy atom. The van der Waals surface area contributed by atoms with E-state index in [1.54, 1.807) is 24.1 Å². The first-order chi connectivity index (χ1) is 12.9. The van der Waals surface area contributed by atoms with Crippen LogP contribution in [0.4, 0.5) is 10.2 Å². The van der Waals surface area contributed by atoms with Gasteiger partial charge in [-0.05, 0) is 30.3 Å². The van der Waals surface area contributed by atoms with E-state index in [-0.39, 0.29) is 23.1 Å². The Balaban J connectivity index is 2.03. The molecule has 2 heterocycles. The van der Waals surface area contributed by atoms with Crippen LogP contribution in [-0.2, 0) is 9.53 Å². The number of pyridine rings is 1. The maximum atomic E-state index is 13.3. The van der Waals surface area contributed by atoms with Gasteiger partial charge in [0, 0.05) is 36.2 Å². The van der Waals surface area contributed by atoms with E-state index in [9.17, 15) is 14.0 Å². The van der Waals surface area contributed by atoms with Gasteiger partial charge < -0.3 is 14.1 Å². The fourth-order valence-electron chi connectivity index (χ4n) is 2.65. The zero-order valence-corrected chi connectivity index (χ0v) is 15.4. The van der Waals surface area contributed by atoms with Crippen molar-refractivity contribution < 1.29 is 18.3 Å². The molecule has 0 saturated carbocycles. The van der Waals surface area contributed by atoms with Crippen LogP contribution >= 0.6 is 11.6 Å². The average Bonchev–Trinajstić information content (AvgIpc) is 2.64. The number of esters is 1. The van der Waals surface area contributed by atoms with Gasteiger partial charge in [-0.3, -0.25) is 4.79 Å². The quantitative estimate of drug-likeness (QED) is 0.619. The lowest BCUT2D eigenvalue weighted by atomic mass is 10.0. The fraction of sp³-hybridized carbons (Fsp3) is 0.211. The molecule has 1 aromatic carbocycles. The van der Waals surface area contributed by atoms with Crippen molar-refractivity contribution in [1.82, 2.24) is 4.98 Å². The number of halogens is 2. The lowest BCUT2D eigenvalue weighted by Gasteiger charge is -2.17. The third kappa shape index (κ3) is 4.09. The molecule has 0 N–H and O–H groups in total. The number of hydrogen-bond donors (Lipinski definition) is 0. The average molecular weight is 391 g/mol. The number of aromatic nitrogens is 1. The molecule has 0 spiro atoms. The Morgan fingerprint density at radius 2 is 2.04 bits per heavy atom. The predicted molar refractivity (Wildman–Crippen MR) is 101 cm³/mol. The lowest BCUT2D eigenvalue weighted by Crippen LogP contribution is -2.22. The maximum Gasteiger partial charge on any atom is 0.338 e. The number of nitrogens with zero attached hydrogens (tertiary/aromatic N) is 2. The molecule has 8 heteroatoms. The van der Waals surface area contributed by atoms with Crippen LogP contribution in [0.15, 0.2) is 45.6 Å². The van der Waals surface area contributed by atoms with Crippen molar-refractivity contribution in [3.8, 4) is 11.1 Å². The van der Waals surface area contributed by atoms with E-state index in [1.807, 2.05) is 0 Å². The molecule has 0 fully saturated rings. The highest BCUT2D eigenvalue weighted by Crippen LogP contribution is 2.33. The molecular formula is C19H16ClFN2O4. The van der Waals surface area contributed by atoms with Gasteiger partial charge in [-0.2, -0.15) is 4.98 Å². The van der Waals surface area contributed by atoms with Gasteiger partial charge in [-0.25, -0.2) is 9.18 Å². The number of benzene rings is 1. The number of ether oxygens (including phenoxy) is 1. The molecule has 0 unspecified atom stereocenters. The third-order valence-electron chi connectivity index (χ3n) is 4.09. The second-order valence-corrected chi connectivity index (χ2v) is 6.28. The lowest BCUT2D eigenvalue weighted by molar-refractivity contribution is -0.140. The third-order valence-corrected chi connectivity index (χ3v) is 4.40. The number of methoxy groups -OCH3 is 1. The number of fused-ring (bicyclic) bond motifs is 1. The highest BCUT2D eigenvalue weighted by molar-refractivity contribution is 6.33. The smallest absolute Gasteiger partial charge is 0.338 e. The van der Waals surface area contributed by atoms with Crippen molar-refractivity contribution in [2.45, 2.75) is 6.42 Å². The van der Waals surface area contributed by atoms with Crippen LogP contribution < -0.4 is 10.5 Å². The molecule has 0 aliphatic rings. The second-order valence-electron chi connectivity index (χ2n) is 5.87. The Bertz CT molecular complexity index is 1070. The summed E-state index contributed by atoms with van der Waals surface area (Å²) in [5.41, 5.74) is 0.534. The van der Waals surface area contributed by atoms with Gasteiger partial charge in [0.1, 0.15) is 11.6 Å². The number of anilines is 1. The minimum atomic E-state index is -0.597. The molecule has 0 aliphatic heterocycles. The molecule has 140 valence electrons. The largest absolute Gasteiger partial charge is 0.469 e.